The Morgan fingerprint density at radius 2 is 0.908 bits per heavy atom. The fraction of sp³-hybridized carbons (Fsp3) is 0.763. The van der Waals surface area contributed by atoms with E-state index in [2.05, 4.69) is 99.0 Å². The summed E-state index contributed by atoms with van der Waals surface area (Å²) >= 11 is 0. The molecule has 3 atom stereocenters. The molecule has 0 aliphatic heterocycles. The fourth-order valence-electron chi connectivity index (χ4n) is 8.21. The van der Waals surface area contributed by atoms with Crippen molar-refractivity contribution >= 4 is 11.9 Å². The predicted octanol–water partition coefficient (Wildman–Crippen LogP) is 17.0. The van der Waals surface area contributed by atoms with Crippen molar-refractivity contribution in [1.82, 2.24) is 5.32 Å². The van der Waals surface area contributed by atoms with E-state index < -0.39 is 18.2 Å². The van der Waals surface area contributed by atoms with Gasteiger partial charge in [0.15, 0.2) is 0 Å². The number of unbranched alkanes of at least 4 members (excludes halogenated alkanes) is 27. The van der Waals surface area contributed by atoms with Gasteiger partial charge in [0, 0.05) is 6.42 Å². The van der Waals surface area contributed by atoms with Crippen LogP contribution in [0, 0.1) is 0 Å². The summed E-state index contributed by atoms with van der Waals surface area (Å²) < 4.78 is 5.93. The van der Waals surface area contributed by atoms with Crippen LogP contribution < -0.4 is 5.32 Å². The lowest BCUT2D eigenvalue weighted by Gasteiger charge is -2.24. The van der Waals surface area contributed by atoms with Crippen LogP contribution in [0.15, 0.2) is 72.9 Å². The van der Waals surface area contributed by atoms with Crippen LogP contribution in [0.2, 0.25) is 0 Å². The van der Waals surface area contributed by atoms with Crippen LogP contribution in [0.4, 0.5) is 0 Å². The summed E-state index contributed by atoms with van der Waals surface area (Å²) in [6.07, 6.45) is 66.8. The van der Waals surface area contributed by atoms with Crippen molar-refractivity contribution < 1.29 is 24.5 Å². The molecule has 0 heterocycles. The quantitative estimate of drug-likeness (QED) is 0.0245. The van der Waals surface area contributed by atoms with E-state index in [-0.39, 0.29) is 24.9 Å². The number of hydrogen-bond donors (Lipinski definition) is 3. The first-order valence-corrected chi connectivity index (χ1v) is 27.7. The number of carbonyl (C=O) groups excluding carboxylic acids is 2. The molecule has 6 heteroatoms. The summed E-state index contributed by atoms with van der Waals surface area (Å²) in [5, 5.41) is 23.9. The van der Waals surface area contributed by atoms with Gasteiger partial charge < -0.3 is 20.3 Å². The van der Waals surface area contributed by atoms with E-state index in [1.54, 1.807) is 0 Å². The molecule has 376 valence electrons. The highest BCUT2D eigenvalue weighted by Gasteiger charge is 2.24. The third kappa shape index (κ3) is 47.6. The van der Waals surface area contributed by atoms with E-state index in [0.717, 1.165) is 103 Å². The second-order valence-electron chi connectivity index (χ2n) is 18.6. The molecule has 1 amide bonds. The first-order valence-electron chi connectivity index (χ1n) is 27.7. The van der Waals surface area contributed by atoms with Crippen LogP contribution in [0.5, 0.6) is 0 Å². The molecule has 0 radical (unpaired) electrons. The van der Waals surface area contributed by atoms with Gasteiger partial charge in [-0.2, -0.15) is 0 Å². The minimum Gasteiger partial charge on any atom is -0.462 e. The number of nitrogens with one attached hydrogen (secondary N) is 1. The van der Waals surface area contributed by atoms with E-state index in [9.17, 15) is 19.8 Å². The topological polar surface area (TPSA) is 95.9 Å². The molecule has 0 aliphatic carbocycles. The zero-order valence-electron chi connectivity index (χ0n) is 42.9. The SMILES string of the molecule is CC/C=C/C=C/C=C/CCCCCCCCCC(=O)OC(CCCCCC/C=C/C/C=C/C/C=C/CC)CC(=O)NC(CO)C(O)CCCCCCCCCCCCCCCCCCC. The third-order valence-corrected chi connectivity index (χ3v) is 12.3. The highest BCUT2D eigenvalue weighted by molar-refractivity contribution is 5.77. The maximum absolute atomic E-state index is 13.2. The second kappa shape index (κ2) is 52.3. The smallest absolute Gasteiger partial charge is 0.306 e. The van der Waals surface area contributed by atoms with Gasteiger partial charge in [0.05, 0.1) is 25.2 Å². The Bertz CT molecular complexity index is 1200. The number of esters is 1. The average Bonchev–Trinajstić information content (AvgIpc) is 3.30. The highest BCUT2D eigenvalue weighted by atomic mass is 16.5. The molecule has 3 unspecified atom stereocenters. The summed E-state index contributed by atoms with van der Waals surface area (Å²) in [7, 11) is 0. The van der Waals surface area contributed by atoms with E-state index in [1.807, 2.05) is 0 Å². The molecule has 0 bridgehead atoms. The maximum atomic E-state index is 13.2. The van der Waals surface area contributed by atoms with Gasteiger partial charge in [0.1, 0.15) is 6.10 Å². The summed E-state index contributed by atoms with van der Waals surface area (Å²) in [5.41, 5.74) is 0. The Hall–Kier alpha value is -2.70. The van der Waals surface area contributed by atoms with Crippen LogP contribution in [0.1, 0.15) is 265 Å². The lowest BCUT2D eigenvalue weighted by atomic mass is 10.0. The number of hydrogen-bond acceptors (Lipinski definition) is 5. The second-order valence-corrected chi connectivity index (χ2v) is 18.6. The Morgan fingerprint density at radius 1 is 0.477 bits per heavy atom. The molecular weight excluding hydrogens is 803 g/mol. The van der Waals surface area contributed by atoms with Crippen LogP contribution in [0.25, 0.3) is 0 Å². The van der Waals surface area contributed by atoms with E-state index in [1.165, 1.54) is 116 Å². The van der Waals surface area contributed by atoms with Gasteiger partial charge >= 0.3 is 5.97 Å². The lowest BCUT2D eigenvalue weighted by Crippen LogP contribution is -2.46. The number of aliphatic hydroxyl groups is 2. The number of rotatable bonds is 49. The van der Waals surface area contributed by atoms with Gasteiger partial charge in [-0.05, 0) is 77.0 Å². The van der Waals surface area contributed by atoms with E-state index >= 15 is 0 Å². The molecule has 0 rings (SSSR count). The minimum atomic E-state index is -0.799. The van der Waals surface area contributed by atoms with Gasteiger partial charge in [-0.25, -0.2) is 0 Å². The van der Waals surface area contributed by atoms with Crippen molar-refractivity contribution in [3.8, 4) is 0 Å². The summed E-state index contributed by atoms with van der Waals surface area (Å²) in [4.78, 5) is 26.2. The summed E-state index contributed by atoms with van der Waals surface area (Å²) in [6.45, 7) is 6.25. The number of amides is 1. The van der Waals surface area contributed by atoms with Crippen LogP contribution in [-0.2, 0) is 14.3 Å². The van der Waals surface area contributed by atoms with Crippen LogP contribution in [0.3, 0.4) is 0 Å². The van der Waals surface area contributed by atoms with Crippen molar-refractivity contribution in [2.75, 3.05) is 6.61 Å². The standard InChI is InChI=1S/C59H105NO5/c1-4-7-10-13-16-19-22-25-28-29-31-33-36-39-42-45-48-51-57(62)56(54-61)60-58(63)53-55(50-47-44-41-38-35-32-27-24-21-18-15-12-9-6-3)65-59(64)52-49-46-43-40-37-34-30-26-23-20-17-14-11-8-5-2/h8-9,11-12,14,17-18,20-21,23,27,32,55-57,61-62H,4-7,10,13,15-16,19,22,24-26,28-31,33-54H2,1-3H3,(H,60,63)/b11-8+,12-9+,17-14+,21-18+,23-20+,32-27+. The van der Waals surface area contributed by atoms with Crippen molar-refractivity contribution in [1.29, 1.82) is 0 Å². The molecule has 0 saturated heterocycles. The molecule has 0 aromatic rings. The highest BCUT2D eigenvalue weighted by Crippen LogP contribution is 2.18. The third-order valence-electron chi connectivity index (χ3n) is 12.3. The molecule has 6 nitrogen and oxygen atoms in total. The van der Waals surface area contributed by atoms with Gasteiger partial charge in [0.2, 0.25) is 5.91 Å². The Morgan fingerprint density at radius 3 is 1.43 bits per heavy atom. The summed E-state index contributed by atoms with van der Waals surface area (Å²) in [5.74, 6) is -0.507. The van der Waals surface area contributed by atoms with E-state index in [0.29, 0.717) is 19.3 Å². The number of ether oxygens (including phenoxy) is 1. The van der Waals surface area contributed by atoms with Gasteiger partial charge in [0.25, 0.3) is 0 Å². The number of allylic oxidation sites excluding steroid dienone is 12. The Kier molecular flexibility index (Phi) is 50.1. The van der Waals surface area contributed by atoms with Crippen molar-refractivity contribution in [3.05, 3.63) is 72.9 Å². The van der Waals surface area contributed by atoms with Gasteiger partial charge in [-0.1, -0.05) is 248 Å². The first kappa shape index (κ1) is 62.3. The van der Waals surface area contributed by atoms with Crippen LogP contribution >= 0.6 is 0 Å². The predicted molar refractivity (Wildman–Crippen MR) is 282 cm³/mol. The molecule has 0 spiro atoms. The van der Waals surface area contributed by atoms with Crippen molar-refractivity contribution in [2.45, 2.75) is 283 Å². The molecule has 0 saturated carbocycles. The van der Waals surface area contributed by atoms with Crippen LogP contribution in [-0.4, -0.2) is 46.9 Å². The number of carbonyl (C=O) groups is 2. The van der Waals surface area contributed by atoms with Gasteiger partial charge in [-0.15, -0.1) is 0 Å². The first-order chi connectivity index (χ1) is 32.0. The maximum Gasteiger partial charge on any atom is 0.306 e. The van der Waals surface area contributed by atoms with Crippen molar-refractivity contribution in [2.24, 2.45) is 0 Å². The molecular formula is C59H105NO5. The average molecular weight is 908 g/mol. The molecule has 65 heavy (non-hydrogen) atoms. The molecule has 3 N–H and O–H groups in total. The van der Waals surface area contributed by atoms with E-state index in [4.69, 9.17) is 4.74 Å². The normalized spacial score (nSPS) is 13.7. The fourth-order valence-corrected chi connectivity index (χ4v) is 8.21. The zero-order chi connectivity index (χ0) is 47.4. The minimum absolute atomic E-state index is 0.0555. The van der Waals surface area contributed by atoms with Gasteiger partial charge in [-0.3, -0.25) is 9.59 Å². The monoisotopic (exact) mass is 908 g/mol. The Balaban J connectivity index is 4.57. The molecule has 0 aromatic carbocycles. The van der Waals surface area contributed by atoms with Crippen molar-refractivity contribution in [3.63, 3.8) is 0 Å². The molecule has 0 fully saturated rings. The largest absolute Gasteiger partial charge is 0.462 e. The molecule has 0 aromatic heterocycles. The molecule has 0 aliphatic rings. The zero-order valence-corrected chi connectivity index (χ0v) is 42.9. The Labute approximate surface area is 402 Å². The summed E-state index contributed by atoms with van der Waals surface area (Å²) in [6, 6.07) is -0.715. The lowest BCUT2D eigenvalue weighted by molar-refractivity contribution is -0.151. The number of aliphatic hydroxyl groups excluding tert-OH is 2.